The average Bonchev–Trinajstić information content (AvgIpc) is 3.14. The number of aromatic nitrogens is 3. The predicted molar refractivity (Wildman–Crippen MR) is 99.6 cm³/mol. The number of nitrogens with zero attached hydrogens (tertiary/aromatic N) is 4. The van der Waals surface area contributed by atoms with Crippen molar-refractivity contribution in [1.29, 1.82) is 0 Å². The Balaban J connectivity index is 1.32. The van der Waals surface area contributed by atoms with E-state index in [4.69, 9.17) is 0 Å². The van der Waals surface area contributed by atoms with Crippen LogP contribution in [0.15, 0.2) is 24.3 Å². The van der Waals surface area contributed by atoms with Crippen molar-refractivity contribution in [3.05, 3.63) is 47.3 Å². The minimum atomic E-state index is -0.222. The van der Waals surface area contributed by atoms with Crippen molar-refractivity contribution in [3.8, 4) is 0 Å². The number of carbonyl (C=O) groups excluding carboxylic acids is 1. The first kappa shape index (κ1) is 18.1. The molecule has 1 aromatic carbocycles. The molecule has 7 heteroatoms. The third-order valence-electron chi connectivity index (χ3n) is 5.56. The van der Waals surface area contributed by atoms with Gasteiger partial charge in [0.25, 0.3) is 0 Å². The zero-order chi connectivity index (χ0) is 18.6. The number of rotatable bonds is 5. The van der Waals surface area contributed by atoms with Crippen LogP contribution in [0.4, 0.5) is 4.39 Å². The van der Waals surface area contributed by atoms with E-state index in [1.165, 1.54) is 12.1 Å². The highest BCUT2D eigenvalue weighted by atomic mass is 19.1. The molecular formula is C20H26FN5O. The molecular weight excluding hydrogens is 345 g/mol. The summed E-state index contributed by atoms with van der Waals surface area (Å²) in [5.41, 5.74) is 1.07. The van der Waals surface area contributed by atoms with E-state index < -0.39 is 0 Å². The van der Waals surface area contributed by atoms with Gasteiger partial charge in [-0.25, -0.2) is 4.39 Å². The van der Waals surface area contributed by atoms with Gasteiger partial charge in [0, 0.05) is 38.5 Å². The van der Waals surface area contributed by atoms with Gasteiger partial charge in [0.15, 0.2) is 0 Å². The first-order valence-corrected chi connectivity index (χ1v) is 9.85. The minimum absolute atomic E-state index is 0.210. The summed E-state index contributed by atoms with van der Waals surface area (Å²) in [5, 5.41) is 12.1. The fourth-order valence-corrected chi connectivity index (χ4v) is 4.08. The first-order chi connectivity index (χ1) is 13.2. The average molecular weight is 371 g/mol. The van der Waals surface area contributed by atoms with Gasteiger partial charge in [-0.15, -0.1) is 10.2 Å². The third kappa shape index (κ3) is 4.18. The Bertz CT molecular complexity index is 788. The summed E-state index contributed by atoms with van der Waals surface area (Å²) < 4.78 is 15.2. The molecule has 1 N–H and O–H groups in total. The second kappa shape index (κ2) is 8.17. The van der Waals surface area contributed by atoms with Crippen LogP contribution < -0.4 is 5.32 Å². The Labute approximate surface area is 158 Å². The number of hydrogen-bond donors (Lipinski definition) is 1. The molecule has 1 saturated heterocycles. The third-order valence-corrected chi connectivity index (χ3v) is 5.56. The van der Waals surface area contributed by atoms with Gasteiger partial charge < -0.3 is 14.8 Å². The summed E-state index contributed by atoms with van der Waals surface area (Å²) in [6, 6.07) is 6.53. The lowest BCUT2D eigenvalue weighted by Gasteiger charge is -2.33. The van der Waals surface area contributed by atoms with Gasteiger partial charge in [-0.3, -0.25) is 4.79 Å². The van der Waals surface area contributed by atoms with Crippen LogP contribution in [-0.4, -0.2) is 45.2 Å². The van der Waals surface area contributed by atoms with Crippen LogP contribution in [0.25, 0.3) is 0 Å². The summed E-state index contributed by atoms with van der Waals surface area (Å²) in [7, 11) is 0. The standard InChI is InChI=1S/C20H26FN5O/c21-17-8-6-15(7-9-17)3-1-5-19(27)25-11-2-4-16(14-25)20-24-23-18-13-22-10-12-26(18)20/h6-9,16,22H,1-5,10-14H2. The number of amides is 1. The minimum Gasteiger partial charge on any atom is -0.342 e. The highest BCUT2D eigenvalue weighted by Crippen LogP contribution is 2.27. The van der Waals surface area contributed by atoms with Gasteiger partial charge in [-0.1, -0.05) is 12.1 Å². The van der Waals surface area contributed by atoms with E-state index in [9.17, 15) is 9.18 Å². The number of aryl methyl sites for hydroxylation is 1. The second-order valence-corrected chi connectivity index (χ2v) is 7.46. The lowest BCUT2D eigenvalue weighted by atomic mass is 9.96. The topological polar surface area (TPSA) is 63.1 Å². The first-order valence-electron chi connectivity index (χ1n) is 9.85. The molecule has 27 heavy (non-hydrogen) atoms. The van der Waals surface area contributed by atoms with Crippen molar-refractivity contribution in [2.75, 3.05) is 19.6 Å². The maximum absolute atomic E-state index is 13.0. The smallest absolute Gasteiger partial charge is 0.222 e. The molecule has 1 aromatic heterocycles. The summed E-state index contributed by atoms with van der Waals surface area (Å²) in [6.07, 6.45) is 4.19. The van der Waals surface area contributed by atoms with Crippen molar-refractivity contribution in [2.24, 2.45) is 0 Å². The van der Waals surface area contributed by atoms with Gasteiger partial charge in [0.1, 0.15) is 17.5 Å². The van der Waals surface area contributed by atoms with E-state index in [1.54, 1.807) is 12.1 Å². The van der Waals surface area contributed by atoms with E-state index >= 15 is 0 Å². The lowest BCUT2D eigenvalue weighted by Crippen LogP contribution is -2.40. The number of halogens is 1. The predicted octanol–water partition coefficient (Wildman–Crippen LogP) is 2.25. The molecule has 2 aromatic rings. The Morgan fingerprint density at radius 1 is 1.22 bits per heavy atom. The number of nitrogens with one attached hydrogen (secondary N) is 1. The summed E-state index contributed by atoms with van der Waals surface area (Å²) in [4.78, 5) is 14.6. The Morgan fingerprint density at radius 2 is 2.07 bits per heavy atom. The van der Waals surface area contributed by atoms with Crippen LogP contribution in [0.2, 0.25) is 0 Å². The molecule has 0 radical (unpaired) electrons. The monoisotopic (exact) mass is 371 g/mol. The number of fused-ring (bicyclic) bond motifs is 1. The molecule has 144 valence electrons. The van der Waals surface area contributed by atoms with E-state index in [1.807, 2.05) is 4.90 Å². The van der Waals surface area contributed by atoms with Crippen molar-refractivity contribution < 1.29 is 9.18 Å². The molecule has 1 amide bonds. The maximum Gasteiger partial charge on any atom is 0.222 e. The molecule has 2 aliphatic heterocycles. The second-order valence-electron chi connectivity index (χ2n) is 7.46. The molecule has 1 unspecified atom stereocenters. The van der Waals surface area contributed by atoms with E-state index in [-0.39, 0.29) is 17.6 Å². The van der Waals surface area contributed by atoms with Crippen LogP contribution in [0.1, 0.15) is 48.8 Å². The van der Waals surface area contributed by atoms with Crippen LogP contribution in [0.5, 0.6) is 0 Å². The number of hydrogen-bond acceptors (Lipinski definition) is 4. The number of likely N-dealkylation sites (tertiary alicyclic amines) is 1. The molecule has 3 heterocycles. The van der Waals surface area contributed by atoms with Crippen molar-refractivity contribution in [3.63, 3.8) is 0 Å². The Hall–Kier alpha value is -2.28. The van der Waals surface area contributed by atoms with Crippen LogP contribution in [0.3, 0.4) is 0 Å². The van der Waals surface area contributed by atoms with Crippen molar-refractivity contribution in [1.82, 2.24) is 25.0 Å². The summed E-state index contributed by atoms with van der Waals surface area (Å²) in [6.45, 7) is 4.18. The fraction of sp³-hybridized carbons (Fsp3) is 0.550. The lowest BCUT2D eigenvalue weighted by molar-refractivity contribution is -0.132. The molecule has 6 nitrogen and oxygen atoms in total. The Morgan fingerprint density at radius 3 is 2.93 bits per heavy atom. The zero-order valence-electron chi connectivity index (χ0n) is 15.5. The van der Waals surface area contributed by atoms with Crippen molar-refractivity contribution >= 4 is 5.91 Å². The number of benzene rings is 1. The maximum atomic E-state index is 13.0. The van der Waals surface area contributed by atoms with Gasteiger partial charge in [0.2, 0.25) is 5.91 Å². The highest BCUT2D eigenvalue weighted by molar-refractivity contribution is 5.76. The molecule has 0 spiro atoms. The largest absolute Gasteiger partial charge is 0.342 e. The zero-order valence-corrected chi connectivity index (χ0v) is 15.5. The van der Waals surface area contributed by atoms with E-state index in [2.05, 4.69) is 20.1 Å². The summed E-state index contributed by atoms with van der Waals surface area (Å²) >= 11 is 0. The van der Waals surface area contributed by atoms with Crippen LogP contribution in [-0.2, 0) is 24.3 Å². The summed E-state index contributed by atoms with van der Waals surface area (Å²) in [5.74, 6) is 2.30. The quantitative estimate of drug-likeness (QED) is 0.876. The van der Waals surface area contributed by atoms with E-state index in [0.717, 1.165) is 75.6 Å². The fourth-order valence-electron chi connectivity index (χ4n) is 4.08. The van der Waals surface area contributed by atoms with Crippen LogP contribution >= 0.6 is 0 Å². The number of carbonyl (C=O) groups is 1. The van der Waals surface area contributed by atoms with Crippen molar-refractivity contribution in [2.45, 2.75) is 51.1 Å². The molecule has 0 bridgehead atoms. The molecule has 0 saturated carbocycles. The highest BCUT2D eigenvalue weighted by Gasteiger charge is 2.29. The van der Waals surface area contributed by atoms with Gasteiger partial charge >= 0.3 is 0 Å². The SMILES string of the molecule is O=C(CCCc1ccc(F)cc1)N1CCCC(c2nnc3n2CCNC3)C1. The molecule has 1 fully saturated rings. The Kier molecular flexibility index (Phi) is 5.48. The van der Waals surface area contributed by atoms with Gasteiger partial charge in [-0.2, -0.15) is 0 Å². The molecule has 0 aliphatic carbocycles. The normalized spacial score (nSPS) is 19.7. The van der Waals surface area contributed by atoms with Gasteiger partial charge in [0.05, 0.1) is 6.54 Å². The molecule has 1 atom stereocenters. The molecule has 2 aliphatic rings. The molecule has 4 rings (SSSR count). The van der Waals surface area contributed by atoms with Crippen LogP contribution in [0, 0.1) is 5.82 Å². The number of piperidine rings is 1. The van der Waals surface area contributed by atoms with E-state index in [0.29, 0.717) is 6.42 Å². The van der Waals surface area contributed by atoms with Gasteiger partial charge in [-0.05, 0) is 43.4 Å².